The zero-order valence-electron chi connectivity index (χ0n) is 17.1. The van der Waals surface area contributed by atoms with Gasteiger partial charge in [-0.15, -0.1) is 0 Å². The van der Waals surface area contributed by atoms with E-state index in [1.54, 1.807) is 24.3 Å². The van der Waals surface area contributed by atoms with E-state index >= 15 is 0 Å². The van der Waals surface area contributed by atoms with Gasteiger partial charge in [0.1, 0.15) is 17.2 Å². The van der Waals surface area contributed by atoms with Crippen LogP contribution in [0.1, 0.15) is 32.0 Å². The van der Waals surface area contributed by atoms with E-state index < -0.39 is 17.6 Å². The number of rotatable bonds is 7. The van der Waals surface area contributed by atoms with E-state index in [0.29, 0.717) is 17.9 Å². The third-order valence-electron chi connectivity index (χ3n) is 4.48. The fourth-order valence-electron chi connectivity index (χ4n) is 2.89. The number of hydrogen-bond acceptors (Lipinski definition) is 4. The lowest BCUT2D eigenvalue weighted by molar-refractivity contribution is -0.137. The lowest BCUT2D eigenvalue weighted by Gasteiger charge is -2.10. The van der Waals surface area contributed by atoms with Gasteiger partial charge in [-0.25, -0.2) is 0 Å². The van der Waals surface area contributed by atoms with Crippen LogP contribution in [0, 0.1) is 0 Å². The highest BCUT2D eigenvalue weighted by Crippen LogP contribution is 2.29. The molecular weight excluding hydrogens is 423 g/mol. The summed E-state index contributed by atoms with van der Waals surface area (Å²) in [6.07, 6.45) is -2.60. The van der Waals surface area contributed by atoms with Crippen LogP contribution in [0.2, 0.25) is 0 Å². The molecule has 0 saturated carbocycles. The van der Waals surface area contributed by atoms with Crippen molar-refractivity contribution in [2.24, 2.45) is 0 Å². The number of benzene rings is 2. The van der Waals surface area contributed by atoms with Crippen molar-refractivity contribution >= 4 is 11.8 Å². The monoisotopic (exact) mass is 443 g/mol. The van der Waals surface area contributed by atoms with Gasteiger partial charge in [-0.3, -0.25) is 14.6 Å². The average molecular weight is 443 g/mol. The number of aromatic nitrogens is 1. The number of hydrogen-bond donors (Lipinski definition) is 2. The molecule has 166 valence electrons. The highest BCUT2D eigenvalue weighted by atomic mass is 19.4. The number of carbonyl (C=O) groups excluding carboxylic acids is 2. The van der Waals surface area contributed by atoms with Crippen LogP contribution >= 0.6 is 0 Å². The van der Waals surface area contributed by atoms with E-state index in [-0.39, 0.29) is 23.7 Å². The molecule has 0 aliphatic rings. The maximum Gasteiger partial charge on any atom is 0.416 e. The zero-order valence-corrected chi connectivity index (χ0v) is 17.1. The van der Waals surface area contributed by atoms with E-state index in [9.17, 15) is 22.8 Å². The van der Waals surface area contributed by atoms with Gasteiger partial charge in [-0.05, 0) is 48.4 Å². The summed E-state index contributed by atoms with van der Waals surface area (Å²) in [7, 11) is 1.51. The standard InChI is InChI=1S/C23H20F3N3O3/c1-27-22(31)20-14-19(9-11-28-20)32-18-7-2-4-15(12-18)8-10-29-21(30)16-5-3-6-17(13-16)23(24,25)26/h2-7,9,11-14H,8,10H2,1H3,(H,27,31)(H,29,30). The van der Waals surface area contributed by atoms with Crippen molar-refractivity contribution in [3.05, 3.63) is 89.2 Å². The molecule has 1 heterocycles. The van der Waals surface area contributed by atoms with Crippen LogP contribution < -0.4 is 15.4 Å². The minimum Gasteiger partial charge on any atom is -0.457 e. The quantitative estimate of drug-likeness (QED) is 0.573. The molecule has 0 fully saturated rings. The first-order chi connectivity index (χ1) is 15.3. The summed E-state index contributed by atoms with van der Waals surface area (Å²) in [6.45, 7) is 0.231. The maximum absolute atomic E-state index is 12.8. The van der Waals surface area contributed by atoms with Gasteiger partial charge in [0, 0.05) is 31.4 Å². The number of alkyl halides is 3. The van der Waals surface area contributed by atoms with Gasteiger partial charge in [0.05, 0.1) is 5.56 Å². The molecule has 6 nitrogen and oxygen atoms in total. The van der Waals surface area contributed by atoms with Crippen LogP contribution in [0.15, 0.2) is 66.9 Å². The van der Waals surface area contributed by atoms with E-state index in [1.165, 1.54) is 31.4 Å². The summed E-state index contributed by atoms with van der Waals surface area (Å²) in [5.74, 6) is 0.0529. The first-order valence-corrected chi connectivity index (χ1v) is 9.66. The minimum absolute atomic E-state index is 0.0542. The number of ether oxygens (including phenoxy) is 1. The fourth-order valence-corrected chi connectivity index (χ4v) is 2.89. The van der Waals surface area contributed by atoms with Gasteiger partial charge < -0.3 is 15.4 Å². The smallest absolute Gasteiger partial charge is 0.416 e. The molecular formula is C23H20F3N3O3. The predicted octanol–water partition coefficient (Wildman–Crippen LogP) is 4.22. The van der Waals surface area contributed by atoms with Crippen LogP contribution in [-0.2, 0) is 12.6 Å². The summed E-state index contributed by atoms with van der Waals surface area (Å²) in [5, 5.41) is 5.11. The van der Waals surface area contributed by atoms with E-state index in [2.05, 4.69) is 15.6 Å². The van der Waals surface area contributed by atoms with Gasteiger partial charge in [0.15, 0.2) is 0 Å². The van der Waals surface area contributed by atoms with Crippen LogP contribution in [0.5, 0.6) is 11.5 Å². The molecule has 0 spiro atoms. The van der Waals surface area contributed by atoms with Crippen LogP contribution in [0.3, 0.4) is 0 Å². The lowest BCUT2D eigenvalue weighted by Crippen LogP contribution is -2.26. The summed E-state index contributed by atoms with van der Waals surface area (Å²) < 4.78 is 44.2. The van der Waals surface area contributed by atoms with Crippen LogP contribution in [0.25, 0.3) is 0 Å². The molecule has 32 heavy (non-hydrogen) atoms. The third-order valence-corrected chi connectivity index (χ3v) is 4.48. The Labute approximate surface area is 182 Å². The van der Waals surface area contributed by atoms with Gasteiger partial charge in [-0.2, -0.15) is 13.2 Å². The number of nitrogens with zero attached hydrogens (tertiary/aromatic N) is 1. The molecule has 0 atom stereocenters. The van der Waals surface area contributed by atoms with Crippen molar-refractivity contribution in [3.63, 3.8) is 0 Å². The first-order valence-electron chi connectivity index (χ1n) is 9.66. The molecule has 0 radical (unpaired) electrons. The van der Waals surface area contributed by atoms with Crippen molar-refractivity contribution in [3.8, 4) is 11.5 Å². The zero-order chi connectivity index (χ0) is 23.1. The average Bonchev–Trinajstić information content (AvgIpc) is 2.78. The molecule has 0 bridgehead atoms. The van der Waals surface area contributed by atoms with Gasteiger partial charge in [0.25, 0.3) is 11.8 Å². The molecule has 2 amide bonds. The molecule has 2 aromatic carbocycles. The van der Waals surface area contributed by atoms with Gasteiger partial charge >= 0.3 is 6.18 Å². The second-order valence-electron chi connectivity index (χ2n) is 6.79. The Bertz CT molecular complexity index is 1120. The molecule has 9 heteroatoms. The Balaban J connectivity index is 1.59. The predicted molar refractivity (Wildman–Crippen MR) is 112 cm³/mol. The Hall–Kier alpha value is -3.88. The maximum atomic E-state index is 12.8. The third kappa shape index (κ3) is 6.07. The highest BCUT2D eigenvalue weighted by molar-refractivity contribution is 5.94. The second-order valence-corrected chi connectivity index (χ2v) is 6.79. The number of nitrogens with one attached hydrogen (secondary N) is 2. The molecule has 0 unspecified atom stereocenters. The normalized spacial score (nSPS) is 11.0. The lowest BCUT2D eigenvalue weighted by atomic mass is 10.1. The Kier molecular flexibility index (Phi) is 7.09. The highest BCUT2D eigenvalue weighted by Gasteiger charge is 2.30. The largest absolute Gasteiger partial charge is 0.457 e. The van der Waals surface area contributed by atoms with Crippen LogP contribution in [-0.4, -0.2) is 30.4 Å². The second kappa shape index (κ2) is 9.95. The molecule has 1 aromatic heterocycles. The van der Waals surface area contributed by atoms with E-state index in [1.807, 2.05) is 6.07 Å². The molecule has 3 rings (SSSR count). The number of pyridine rings is 1. The van der Waals surface area contributed by atoms with E-state index in [0.717, 1.165) is 17.7 Å². The van der Waals surface area contributed by atoms with Gasteiger partial charge in [0.2, 0.25) is 0 Å². The minimum atomic E-state index is -4.51. The van der Waals surface area contributed by atoms with Gasteiger partial charge in [-0.1, -0.05) is 18.2 Å². The Morgan fingerprint density at radius 2 is 1.72 bits per heavy atom. The number of halogens is 3. The summed E-state index contributed by atoms with van der Waals surface area (Å²) in [4.78, 5) is 27.9. The Morgan fingerprint density at radius 1 is 0.969 bits per heavy atom. The molecule has 3 aromatic rings. The number of carbonyl (C=O) groups is 2. The molecule has 2 N–H and O–H groups in total. The molecule has 0 aliphatic heterocycles. The molecule has 0 aliphatic carbocycles. The molecule has 0 saturated heterocycles. The summed E-state index contributed by atoms with van der Waals surface area (Å²) in [5.41, 5.74) is 0.151. The van der Waals surface area contributed by atoms with E-state index in [4.69, 9.17) is 4.74 Å². The Morgan fingerprint density at radius 3 is 2.47 bits per heavy atom. The van der Waals surface area contributed by atoms with Crippen molar-refractivity contribution in [2.45, 2.75) is 12.6 Å². The summed E-state index contributed by atoms with van der Waals surface area (Å²) in [6, 6.07) is 14.5. The fraction of sp³-hybridized carbons (Fsp3) is 0.174. The van der Waals surface area contributed by atoms with Crippen molar-refractivity contribution < 1.29 is 27.5 Å². The van der Waals surface area contributed by atoms with Crippen molar-refractivity contribution in [1.29, 1.82) is 0 Å². The van der Waals surface area contributed by atoms with Crippen LogP contribution in [0.4, 0.5) is 13.2 Å². The van der Waals surface area contributed by atoms with Crippen molar-refractivity contribution in [2.75, 3.05) is 13.6 Å². The topological polar surface area (TPSA) is 80.3 Å². The SMILES string of the molecule is CNC(=O)c1cc(Oc2cccc(CCNC(=O)c3cccc(C(F)(F)F)c3)c2)ccn1. The number of amides is 2. The van der Waals surface area contributed by atoms with Crippen molar-refractivity contribution in [1.82, 2.24) is 15.6 Å². The summed E-state index contributed by atoms with van der Waals surface area (Å²) >= 11 is 0. The first kappa shape index (κ1) is 22.8.